The molecule has 2 nitrogen and oxygen atoms in total. The third-order valence-corrected chi connectivity index (χ3v) is 4.75. The number of nitrogens with zero attached hydrogens (tertiary/aromatic N) is 2. The smallest absolute Gasteiger partial charge is 0.139 e. The van der Waals surface area contributed by atoms with Crippen molar-refractivity contribution in [2.45, 2.75) is 5.88 Å². The molecule has 1 heterocycles. The third kappa shape index (κ3) is 2.72. The molecule has 0 bridgehead atoms. The van der Waals surface area contributed by atoms with Crippen molar-refractivity contribution in [1.29, 1.82) is 0 Å². The molecule has 0 spiro atoms. The summed E-state index contributed by atoms with van der Waals surface area (Å²) in [6, 6.07) is 8.45. The van der Waals surface area contributed by atoms with E-state index in [1.165, 1.54) is 6.07 Å². The van der Waals surface area contributed by atoms with Crippen LogP contribution in [0.15, 0.2) is 39.3 Å². The first kappa shape index (κ1) is 15.3. The first-order chi connectivity index (χ1) is 10.0. The molecule has 0 amide bonds. The summed E-state index contributed by atoms with van der Waals surface area (Å²) in [7, 11) is 0. The maximum absolute atomic E-state index is 13.9. The summed E-state index contributed by atoms with van der Waals surface area (Å²) >= 11 is 18.6. The zero-order valence-electron chi connectivity index (χ0n) is 10.4. The van der Waals surface area contributed by atoms with Crippen molar-refractivity contribution in [3.05, 3.63) is 55.9 Å². The van der Waals surface area contributed by atoms with Gasteiger partial charge >= 0.3 is 0 Å². The second-order valence-corrected chi connectivity index (χ2v) is 6.76. The van der Waals surface area contributed by atoms with Crippen LogP contribution in [0, 0.1) is 5.82 Å². The molecule has 3 rings (SSSR count). The molecule has 0 aliphatic rings. The summed E-state index contributed by atoms with van der Waals surface area (Å²) < 4.78 is 16.8. The quantitative estimate of drug-likeness (QED) is 0.431. The van der Waals surface area contributed by atoms with Gasteiger partial charge in [-0.15, -0.1) is 11.6 Å². The molecule has 0 N–H and O–H groups in total. The van der Waals surface area contributed by atoms with Crippen LogP contribution in [0.1, 0.15) is 5.82 Å². The summed E-state index contributed by atoms with van der Waals surface area (Å²) in [5, 5.41) is 0.608. The summed E-state index contributed by atoms with van der Waals surface area (Å²) in [6.07, 6.45) is 0. The fourth-order valence-corrected chi connectivity index (χ4v) is 3.51. The minimum absolute atomic E-state index is 0.211. The zero-order chi connectivity index (χ0) is 15.1. The van der Waals surface area contributed by atoms with Gasteiger partial charge in [-0.25, -0.2) is 9.37 Å². The molecule has 0 radical (unpaired) electrons. The van der Waals surface area contributed by atoms with Crippen LogP contribution in [0.25, 0.3) is 16.7 Å². The Balaban J connectivity index is 2.37. The number of hydrogen-bond donors (Lipinski definition) is 0. The van der Waals surface area contributed by atoms with Gasteiger partial charge in [0.2, 0.25) is 0 Å². The Labute approximate surface area is 147 Å². The molecule has 0 fully saturated rings. The van der Waals surface area contributed by atoms with Crippen molar-refractivity contribution >= 4 is 66.1 Å². The highest BCUT2D eigenvalue weighted by atomic mass is 79.9. The predicted octanol–water partition coefficient (Wildman–Crippen LogP) is 6.08. The van der Waals surface area contributed by atoms with E-state index in [1.54, 1.807) is 18.2 Å². The fraction of sp³-hybridized carbons (Fsp3) is 0.0714. The average molecular weight is 453 g/mol. The van der Waals surface area contributed by atoms with E-state index in [4.69, 9.17) is 23.2 Å². The molecule has 108 valence electrons. The molecule has 0 saturated carbocycles. The van der Waals surface area contributed by atoms with E-state index in [0.717, 1.165) is 10.2 Å². The second kappa shape index (κ2) is 5.88. The summed E-state index contributed by atoms with van der Waals surface area (Å²) in [6.45, 7) is 0. The van der Waals surface area contributed by atoms with Crippen LogP contribution in [0.2, 0.25) is 5.02 Å². The number of fused-ring (bicyclic) bond motifs is 1. The summed E-state index contributed by atoms with van der Waals surface area (Å²) in [5.41, 5.74) is 2.12. The molecule has 0 atom stereocenters. The maximum atomic E-state index is 13.9. The van der Waals surface area contributed by atoms with Gasteiger partial charge in [0.1, 0.15) is 11.6 Å². The summed E-state index contributed by atoms with van der Waals surface area (Å²) in [4.78, 5) is 4.45. The van der Waals surface area contributed by atoms with E-state index in [-0.39, 0.29) is 11.7 Å². The molecule has 0 aliphatic carbocycles. The fourth-order valence-electron chi connectivity index (χ4n) is 2.14. The van der Waals surface area contributed by atoms with E-state index >= 15 is 0 Å². The van der Waals surface area contributed by atoms with Crippen LogP contribution in [0.4, 0.5) is 4.39 Å². The van der Waals surface area contributed by atoms with E-state index in [2.05, 4.69) is 36.8 Å². The molecular formula is C14H7Br2Cl2FN2. The van der Waals surface area contributed by atoms with Gasteiger partial charge in [-0.2, -0.15) is 0 Å². The Morgan fingerprint density at radius 1 is 1.14 bits per heavy atom. The van der Waals surface area contributed by atoms with Crippen molar-refractivity contribution < 1.29 is 4.39 Å². The highest BCUT2D eigenvalue weighted by Crippen LogP contribution is 2.31. The zero-order valence-corrected chi connectivity index (χ0v) is 15.1. The van der Waals surface area contributed by atoms with Gasteiger partial charge in [0.15, 0.2) is 0 Å². The SMILES string of the molecule is Fc1cc2c(cc1Br)nc(CCl)n2-c1ccc(Cl)cc1Br. The van der Waals surface area contributed by atoms with Crippen molar-refractivity contribution in [2.75, 3.05) is 0 Å². The van der Waals surface area contributed by atoms with Gasteiger partial charge in [0.25, 0.3) is 0 Å². The number of halogens is 5. The minimum Gasteiger partial charge on any atom is -0.294 e. The van der Waals surface area contributed by atoms with Gasteiger partial charge in [0.05, 0.1) is 27.1 Å². The molecule has 0 aliphatic heterocycles. The van der Waals surface area contributed by atoms with Crippen LogP contribution in [0.5, 0.6) is 0 Å². The number of benzene rings is 2. The van der Waals surface area contributed by atoms with Crippen molar-refractivity contribution in [3.8, 4) is 5.69 Å². The molecule has 2 aromatic carbocycles. The van der Waals surface area contributed by atoms with Gasteiger partial charge in [-0.05, 0) is 56.1 Å². The molecule has 7 heteroatoms. The van der Waals surface area contributed by atoms with E-state index in [0.29, 0.717) is 26.4 Å². The average Bonchev–Trinajstić information content (AvgIpc) is 2.77. The molecule has 0 unspecified atom stereocenters. The van der Waals surface area contributed by atoms with Gasteiger partial charge in [0, 0.05) is 15.6 Å². The molecule has 3 aromatic rings. The monoisotopic (exact) mass is 450 g/mol. The number of alkyl halides is 1. The minimum atomic E-state index is -0.352. The second-order valence-electron chi connectivity index (χ2n) is 4.35. The number of aromatic nitrogens is 2. The lowest BCUT2D eigenvalue weighted by Gasteiger charge is -2.10. The topological polar surface area (TPSA) is 17.8 Å². The summed E-state index contributed by atoms with van der Waals surface area (Å²) in [5.74, 6) is 0.491. The lowest BCUT2D eigenvalue weighted by Crippen LogP contribution is -2.00. The molecule has 21 heavy (non-hydrogen) atoms. The lowest BCUT2D eigenvalue weighted by molar-refractivity contribution is 0.622. The first-order valence-electron chi connectivity index (χ1n) is 5.89. The van der Waals surface area contributed by atoms with E-state index in [1.807, 2.05) is 10.6 Å². The number of hydrogen-bond acceptors (Lipinski definition) is 1. The van der Waals surface area contributed by atoms with E-state index in [9.17, 15) is 4.39 Å². The Morgan fingerprint density at radius 3 is 2.57 bits per heavy atom. The molecule has 0 saturated heterocycles. The van der Waals surface area contributed by atoms with Crippen molar-refractivity contribution in [3.63, 3.8) is 0 Å². The van der Waals surface area contributed by atoms with E-state index < -0.39 is 0 Å². The predicted molar refractivity (Wildman–Crippen MR) is 91.0 cm³/mol. The lowest BCUT2D eigenvalue weighted by atomic mass is 10.2. The van der Waals surface area contributed by atoms with Crippen LogP contribution in [0.3, 0.4) is 0 Å². The molecule has 1 aromatic heterocycles. The van der Waals surface area contributed by atoms with Gasteiger partial charge in [-0.1, -0.05) is 11.6 Å². The van der Waals surface area contributed by atoms with Crippen molar-refractivity contribution in [2.24, 2.45) is 0 Å². The van der Waals surface area contributed by atoms with Crippen LogP contribution in [-0.4, -0.2) is 9.55 Å². The Bertz CT molecular complexity index is 849. The van der Waals surface area contributed by atoms with Crippen molar-refractivity contribution in [1.82, 2.24) is 9.55 Å². The Kier molecular flexibility index (Phi) is 4.28. The van der Waals surface area contributed by atoms with Crippen LogP contribution in [-0.2, 0) is 5.88 Å². The normalized spacial score (nSPS) is 11.3. The van der Waals surface area contributed by atoms with Gasteiger partial charge < -0.3 is 0 Å². The maximum Gasteiger partial charge on any atom is 0.139 e. The van der Waals surface area contributed by atoms with Crippen LogP contribution < -0.4 is 0 Å². The highest BCUT2D eigenvalue weighted by molar-refractivity contribution is 9.10. The third-order valence-electron chi connectivity index (χ3n) is 3.04. The Morgan fingerprint density at radius 2 is 1.90 bits per heavy atom. The molecular weight excluding hydrogens is 446 g/mol. The largest absolute Gasteiger partial charge is 0.294 e. The number of imidazole rings is 1. The van der Waals surface area contributed by atoms with Crippen LogP contribution >= 0.6 is 55.1 Å². The number of rotatable bonds is 2. The van der Waals surface area contributed by atoms with Gasteiger partial charge in [-0.3, -0.25) is 4.57 Å². The standard InChI is InChI=1S/C14H7Br2Cl2FN2/c15-8-4-11-13(5-10(8)19)21(14(6-17)20-11)12-2-1-7(18)3-9(12)16/h1-5H,6H2. The first-order valence-corrected chi connectivity index (χ1v) is 8.39. The Hall–Kier alpha value is -0.620. The highest BCUT2D eigenvalue weighted by Gasteiger charge is 2.16.